The molecule has 1 aliphatic carbocycles. The Morgan fingerprint density at radius 3 is 2.47 bits per heavy atom. The predicted molar refractivity (Wildman–Crippen MR) is 195 cm³/mol. The van der Waals surface area contributed by atoms with E-state index in [1.807, 2.05) is 31.2 Å². The number of pyridine rings is 1. The fourth-order valence-electron chi connectivity index (χ4n) is 6.90. The summed E-state index contributed by atoms with van der Waals surface area (Å²) in [5.74, 6) is 0.459. The smallest absolute Gasteiger partial charge is 0.259 e. The lowest BCUT2D eigenvalue weighted by molar-refractivity contribution is -0.125. The predicted octanol–water partition coefficient (Wildman–Crippen LogP) is 7.55. The Kier molecular flexibility index (Phi) is 11.8. The van der Waals surface area contributed by atoms with E-state index < -0.39 is 0 Å². The zero-order valence-electron chi connectivity index (χ0n) is 26.9. The molecule has 0 unspecified atom stereocenters. The zero-order chi connectivity index (χ0) is 32.8. The van der Waals surface area contributed by atoms with Crippen LogP contribution in [-0.2, 0) is 4.79 Å². The molecule has 2 amide bonds. The van der Waals surface area contributed by atoms with Crippen LogP contribution in [0.15, 0.2) is 41.4 Å². The van der Waals surface area contributed by atoms with Gasteiger partial charge in [0, 0.05) is 74.4 Å². The standard InChI is InChI=1S/C34H43Cl2N7O2S2/c1-2-13-37-31(44)23-11-14-42(15-12-23)30-28(35)21-25(22-38-30)32(45)40-34-39-29(24-7-6-10-27(20-24)47-36)33(46-34)43-18-16-41(17-19-43)26-8-4-3-5-9-26/h6-7,10,20-23,26H,2-5,8-9,11-19H2,1H3,(H,37,44)(H,39,40,45). The average Bonchev–Trinajstić information content (AvgIpc) is 3.54. The van der Waals surface area contributed by atoms with Gasteiger partial charge in [0.05, 0.1) is 10.6 Å². The number of thiazole rings is 1. The highest BCUT2D eigenvalue weighted by Gasteiger charge is 2.29. The number of piperazine rings is 1. The number of benzene rings is 1. The Bertz CT molecular complexity index is 1530. The fourth-order valence-corrected chi connectivity index (χ4v) is 8.81. The highest BCUT2D eigenvalue weighted by atomic mass is 35.7. The van der Waals surface area contributed by atoms with E-state index in [4.69, 9.17) is 27.3 Å². The number of aromatic nitrogens is 2. The molecule has 252 valence electrons. The minimum absolute atomic E-state index is 0.00614. The maximum atomic E-state index is 13.5. The summed E-state index contributed by atoms with van der Waals surface area (Å²) in [6, 6.07) is 10.4. The largest absolute Gasteiger partial charge is 0.359 e. The number of carbonyl (C=O) groups is 2. The quantitative estimate of drug-likeness (QED) is 0.222. The molecule has 0 spiro atoms. The van der Waals surface area contributed by atoms with E-state index in [1.165, 1.54) is 54.4 Å². The first-order valence-electron chi connectivity index (χ1n) is 16.8. The second-order valence-electron chi connectivity index (χ2n) is 12.6. The van der Waals surface area contributed by atoms with Crippen LogP contribution in [0, 0.1) is 5.92 Å². The lowest BCUT2D eigenvalue weighted by Crippen LogP contribution is -2.50. The molecule has 2 aromatic heterocycles. The molecule has 0 atom stereocenters. The molecule has 2 saturated heterocycles. The average molecular weight is 717 g/mol. The number of hydrogen-bond donors (Lipinski definition) is 2. The van der Waals surface area contributed by atoms with Crippen LogP contribution in [0.5, 0.6) is 0 Å². The number of piperidine rings is 1. The molecule has 3 aromatic rings. The van der Waals surface area contributed by atoms with Gasteiger partial charge in [-0.2, -0.15) is 0 Å². The van der Waals surface area contributed by atoms with E-state index in [0.717, 1.165) is 66.6 Å². The third-order valence-corrected chi connectivity index (χ3v) is 11.8. The maximum Gasteiger partial charge on any atom is 0.259 e. The summed E-state index contributed by atoms with van der Waals surface area (Å²) in [6.45, 7) is 8.03. The molecule has 2 N–H and O–H groups in total. The minimum Gasteiger partial charge on any atom is -0.359 e. The van der Waals surface area contributed by atoms with Crippen LogP contribution in [0.3, 0.4) is 0 Å². The molecule has 3 aliphatic rings. The molecule has 4 heterocycles. The summed E-state index contributed by atoms with van der Waals surface area (Å²) in [6.07, 6.45) is 10.6. The highest BCUT2D eigenvalue weighted by molar-refractivity contribution is 8.21. The first kappa shape index (κ1) is 34.3. The number of rotatable bonds is 10. The van der Waals surface area contributed by atoms with Crippen molar-refractivity contribution in [2.24, 2.45) is 5.92 Å². The summed E-state index contributed by atoms with van der Waals surface area (Å²) >= 11 is 8.19. The Morgan fingerprint density at radius 2 is 1.77 bits per heavy atom. The molecular weight excluding hydrogens is 673 g/mol. The van der Waals surface area contributed by atoms with Crippen LogP contribution in [0.4, 0.5) is 16.0 Å². The van der Waals surface area contributed by atoms with Crippen molar-refractivity contribution in [2.45, 2.75) is 69.2 Å². The van der Waals surface area contributed by atoms with Gasteiger partial charge in [-0.3, -0.25) is 19.8 Å². The van der Waals surface area contributed by atoms with Crippen LogP contribution >= 0.6 is 44.6 Å². The highest BCUT2D eigenvalue weighted by Crippen LogP contribution is 2.41. The van der Waals surface area contributed by atoms with E-state index >= 15 is 0 Å². The molecule has 0 radical (unpaired) electrons. The van der Waals surface area contributed by atoms with Gasteiger partial charge >= 0.3 is 0 Å². The van der Waals surface area contributed by atoms with Gasteiger partial charge in [-0.15, -0.1) is 0 Å². The van der Waals surface area contributed by atoms with Gasteiger partial charge in [-0.05, 0) is 72.0 Å². The first-order valence-corrected chi connectivity index (χ1v) is 19.7. The number of amides is 2. The molecular formula is C34H43Cl2N7O2S2. The SMILES string of the molecule is CCCNC(=O)C1CCN(c2ncc(C(=O)Nc3nc(-c4cccc(SCl)c4)c(N4CCN(C5CCCCC5)CC4)s3)cc2Cl)CC1. The van der Waals surface area contributed by atoms with E-state index in [-0.39, 0.29) is 17.7 Å². The first-order chi connectivity index (χ1) is 22.9. The van der Waals surface area contributed by atoms with Crippen LogP contribution in [0.1, 0.15) is 68.6 Å². The van der Waals surface area contributed by atoms with Gasteiger partial charge in [0.25, 0.3) is 5.91 Å². The second-order valence-corrected chi connectivity index (χ2v) is 15.1. The van der Waals surface area contributed by atoms with Crippen molar-refractivity contribution in [3.63, 3.8) is 0 Å². The normalized spacial score (nSPS) is 18.4. The summed E-state index contributed by atoms with van der Waals surface area (Å²) in [5, 5.41) is 8.02. The van der Waals surface area contributed by atoms with Crippen molar-refractivity contribution < 1.29 is 9.59 Å². The molecule has 9 nitrogen and oxygen atoms in total. The number of anilines is 3. The third-order valence-electron chi connectivity index (χ3n) is 9.52. The number of halogens is 2. The van der Waals surface area contributed by atoms with Gasteiger partial charge < -0.3 is 15.1 Å². The van der Waals surface area contributed by atoms with Gasteiger partial charge in [0.2, 0.25) is 5.91 Å². The lowest BCUT2D eigenvalue weighted by Gasteiger charge is -2.41. The van der Waals surface area contributed by atoms with Gasteiger partial charge in [-0.25, -0.2) is 9.97 Å². The summed E-state index contributed by atoms with van der Waals surface area (Å²) in [5.41, 5.74) is 2.19. The van der Waals surface area contributed by atoms with Gasteiger partial charge in [0.15, 0.2) is 5.13 Å². The zero-order valence-corrected chi connectivity index (χ0v) is 30.0. The molecule has 13 heteroatoms. The number of nitrogens with one attached hydrogen (secondary N) is 2. The topological polar surface area (TPSA) is 93.7 Å². The van der Waals surface area contributed by atoms with E-state index in [0.29, 0.717) is 47.2 Å². The number of carbonyl (C=O) groups excluding carboxylic acids is 2. The molecule has 0 bridgehead atoms. The van der Waals surface area contributed by atoms with E-state index in [2.05, 4.69) is 30.3 Å². The maximum absolute atomic E-state index is 13.5. The monoisotopic (exact) mass is 715 g/mol. The van der Waals surface area contributed by atoms with Crippen molar-refractivity contribution in [1.29, 1.82) is 0 Å². The lowest BCUT2D eigenvalue weighted by atomic mass is 9.94. The van der Waals surface area contributed by atoms with Crippen LogP contribution in [-0.4, -0.2) is 78.5 Å². The summed E-state index contributed by atoms with van der Waals surface area (Å²) in [7, 11) is 7.29. The van der Waals surface area contributed by atoms with Gasteiger partial charge in [0.1, 0.15) is 16.5 Å². The number of nitrogens with zero attached hydrogens (tertiary/aromatic N) is 5. The van der Waals surface area contributed by atoms with Crippen LogP contribution in [0.2, 0.25) is 5.02 Å². The molecule has 47 heavy (non-hydrogen) atoms. The molecule has 2 aliphatic heterocycles. The fraction of sp³-hybridized carbons (Fsp3) is 0.529. The third kappa shape index (κ3) is 8.36. The van der Waals surface area contributed by atoms with E-state index in [1.54, 1.807) is 12.3 Å². The summed E-state index contributed by atoms with van der Waals surface area (Å²) < 4.78 is 0. The van der Waals surface area contributed by atoms with Crippen molar-refractivity contribution in [3.05, 3.63) is 47.1 Å². The van der Waals surface area contributed by atoms with Crippen molar-refractivity contribution in [1.82, 2.24) is 20.2 Å². The van der Waals surface area contributed by atoms with Crippen molar-refractivity contribution in [3.8, 4) is 11.3 Å². The summed E-state index contributed by atoms with van der Waals surface area (Å²) in [4.78, 5) is 43.5. The van der Waals surface area contributed by atoms with Crippen molar-refractivity contribution >= 4 is 72.4 Å². The minimum atomic E-state index is -0.309. The van der Waals surface area contributed by atoms with Gasteiger partial charge in [-0.1, -0.05) is 61.3 Å². The second kappa shape index (κ2) is 16.2. The van der Waals surface area contributed by atoms with Crippen molar-refractivity contribution in [2.75, 3.05) is 60.9 Å². The van der Waals surface area contributed by atoms with Crippen LogP contribution < -0.4 is 20.4 Å². The van der Waals surface area contributed by atoms with Crippen LogP contribution in [0.25, 0.3) is 11.3 Å². The Balaban J connectivity index is 1.15. The molecule has 3 fully saturated rings. The Morgan fingerprint density at radius 1 is 1.00 bits per heavy atom. The Hall–Kier alpha value is -2.57. The molecule has 6 rings (SSSR count). The Labute approximate surface area is 295 Å². The number of hydrogen-bond acceptors (Lipinski definition) is 9. The molecule has 1 aromatic carbocycles. The molecule has 1 saturated carbocycles. The van der Waals surface area contributed by atoms with E-state index in [9.17, 15) is 9.59 Å².